The molecule has 1 amide bonds. The van der Waals surface area contributed by atoms with Crippen molar-refractivity contribution in [3.05, 3.63) is 144 Å². The van der Waals surface area contributed by atoms with Crippen LogP contribution in [0.25, 0.3) is 0 Å². The van der Waals surface area contributed by atoms with Gasteiger partial charge in [0.15, 0.2) is 6.61 Å². The van der Waals surface area contributed by atoms with Gasteiger partial charge in [0.1, 0.15) is 0 Å². The predicted molar refractivity (Wildman–Crippen MR) is 139 cm³/mol. The minimum atomic E-state index is -2.02. The van der Waals surface area contributed by atoms with E-state index in [2.05, 4.69) is 29.6 Å². The molecule has 5 nitrogen and oxygen atoms in total. The van der Waals surface area contributed by atoms with Crippen molar-refractivity contribution >= 4 is 11.9 Å². The largest absolute Gasteiger partial charge is 0.453 e. The van der Waals surface area contributed by atoms with E-state index >= 15 is 0 Å². The van der Waals surface area contributed by atoms with E-state index in [1.165, 1.54) is 11.1 Å². The summed E-state index contributed by atoms with van der Waals surface area (Å²) < 4.78 is 5.30. The molecular weight excluding hydrogens is 450 g/mol. The van der Waals surface area contributed by atoms with Crippen LogP contribution in [-0.2, 0) is 19.9 Å². The monoisotopic (exact) mass is 479 g/mol. The molecule has 0 fully saturated rings. The molecule has 0 unspecified atom stereocenters. The van der Waals surface area contributed by atoms with Crippen LogP contribution >= 0.6 is 0 Å². The standard InChI is InChI=1S/C31H29NO4/c33-29(32-22-21-28(24-13-5-1-6-14-24)25-15-7-2-8-16-25)23-36-30(34)31(35,26-17-9-3-10-18-26)27-19-11-4-12-20-27/h1-20,28,35H,21-23H2,(H,32,33). The van der Waals surface area contributed by atoms with E-state index in [-0.39, 0.29) is 5.92 Å². The van der Waals surface area contributed by atoms with Crippen molar-refractivity contribution in [1.29, 1.82) is 0 Å². The van der Waals surface area contributed by atoms with E-state index in [4.69, 9.17) is 4.74 Å². The third kappa shape index (κ3) is 5.88. The molecule has 4 rings (SSSR count). The number of carbonyl (C=O) groups is 2. The Hall–Kier alpha value is -4.22. The summed E-state index contributed by atoms with van der Waals surface area (Å²) >= 11 is 0. The number of rotatable bonds is 10. The van der Waals surface area contributed by atoms with Crippen molar-refractivity contribution in [1.82, 2.24) is 5.32 Å². The zero-order valence-electron chi connectivity index (χ0n) is 19.9. The minimum Gasteiger partial charge on any atom is -0.453 e. The molecule has 4 aromatic carbocycles. The third-order valence-electron chi connectivity index (χ3n) is 6.17. The Kier molecular flexibility index (Phi) is 8.27. The van der Waals surface area contributed by atoms with Gasteiger partial charge in [-0.15, -0.1) is 0 Å². The van der Waals surface area contributed by atoms with E-state index in [0.29, 0.717) is 24.1 Å². The number of nitrogens with one attached hydrogen (secondary N) is 1. The molecule has 0 spiro atoms. The maximum atomic E-state index is 13.1. The lowest BCUT2D eigenvalue weighted by molar-refractivity contribution is -0.164. The maximum absolute atomic E-state index is 13.1. The summed E-state index contributed by atoms with van der Waals surface area (Å²) in [7, 11) is 0. The normalized spacial score (nSPS) is 11.2. The first kappa shape index (κ1) is 24.9. The molecule has 36 heavy (non-hydrogen) atoms. The molecule has 0 bridgehead atoms. The van der Waals surface area contributed by atoms with Crippen LogP contribution in [0.3, 0.4) is 0 Å². The summed E-state index contributed by atoms with van der Waals surface area (Å²) in [5.74, 6) is -1.20. The van der Waals surface area contributed by atoms with Gasteiger partial charge in [0.05, 0.1) is 0 Å². The zero-order valence-corrected chi connectivity index (χ0v) is 19.9. The highest BCUT2D eigenvalue weighted by Gasteiger charge is 2.41. The second-order valence-corrected chi connectivity index (χ2v) is 8.53. The van der Waals surface area contributed by atoms with Crippen LogP contribution in [0, 0.1) is 0 Å². The van der Waals surface area contributed by atoms with Crippen molar-refractivity contribution in [2.45, 2.75) is 17.9 Å². The Bertz CT molecular complexity index is 1170. The number of hydrogen-bond donors (Lipinski definition) is 2. The van der Waals surface area contributed by atoms with E-state index in [9.17, 15) is 14.7 Å². The Morgan fingerprint density at radius 1 is 0.694 bits per heavy atom. The zero-order chi connectivity index (χ0) is 25.2. The molecule has 0 aliphatic heterocycles. The molecule has 182 valence electrons. The Balaban J connectivity index is 1.38. The number of aliphatic hydroxyl groups is 1. The molecular formula is C31H29NO4. The number of hydrogen-bond acceptors (Lipinski definition) is 4. The van der Waals surface area contributed by atoms with Crippen LogP contribution in [0.4, 0.5) is 0 Å². The summed E-state index contributed by atoms with van der Waals surface area (Å²) in [4.78, 5) is 25.6. The Morgan fingerprint density at radius 3 is 1.56 bits per heavy atom. The summed E-state index contributed by atoms with van der Waals surface area (Å²) in [5, 5.41) is 14.3. The molecule has 0 radical (unpaired) electrons. The number of benzene rings is 4. The highest BCUT2D eigenvalue weighted by atomic mass is 16.6. The maximum Gasteiger partial charge on any atom is 0.348 e. The minimum absolute atomic E-state index is 0.122. The van der Waals surface area contributed by atoms with E-state index in [1.54, 1.807) is 60.7 Å². The summed E-state index contributed by atoms with van der Waals surface area (Å²) in [5.41, 5.74) is 1.06. The van der Waals surface area contributed by atoms with Gasteiger partial charge in [-0.2, -0.15) is 0 Å². The van der Waals surface area contributed by atoms with E-state index in [1.807, 2.05) is 36.4 Å². The highest BCUT2D eigenvalue weighted by molar-refractivity contribution is 5.88. The molecule has 0 aromatic heterocycles. The van der Waals surface area contributed by atoms with Crippen LogP contribution < -0.4 is 5.32 Å². The number of ether oxygens (including phenoxy) is 1. The first-order valence-corrected chi connectivity index (χ1v) is 12.0. The molecule has 0 heterocycles. The molecule has 4 aromatic rings. The van der Waals surface area contributed by atoms with E-state index < -0.39 is 24.1 Å². The van der Waals surface area contributed by atoms with Gasteiger partial charge in [0, 0.05) is 12.5 Å². The summed E-state index contributed by atoms with van der Waals surface area (Å²) in [6.45, 7) is -0.0748. The third-order valence-corrected chi connectivity index (χ3v) is 6.17. The van der Waals surface area contributed by atoms with Gasteiger partial charge < -0.3 is 15.2 Å². The van der Waals surface area contributed by atoms with Gasteiger partial charge in [-0.3, -0.25) is 4.79 Å². The summed E-state index contributed by atoms with van der Waals surface area (Å²) in [6, 6.07) is 37.4. The molecule has 0 saturated heterocycles. The number of carbonyl (C=O) groups excluding carboxylic acids is 2. The second-order valence-electron chi connectivity index (χ2n) is 8.53. The Labute approximate surface area is 211 Å². The predicted octanol–water partition coefficient (Wildman–Crippen LogP) is 4.80. The lowest BCUT2D eigenvalue weighted by Crippen LogP contribution is -2.40. The second kappa shape index (κ2) is 12.0. The van der Waals surface area contributed by atoms with Crippen LogP contribution in [0.15, 0.2) is 121 Å². The lowest BCUT2D eigenvalue weighted by atomic mass is 9.86. The fourth-order valence-electron chi connectivity index (χ4n) is 4.30. The van der Waals surface area contributed by atoms with Crippen LogP contribution in [0.2, 0.25) is 0 Å². The van der Waals surface area contributed by atoms with Crippen molar-refractivity contribution in [2.24, 2.45) is 0 Å². The van der Waals surface area contributed by atoms with Crippen molar-refractivity contribution in [3.63, 3.8) is 0 Å². The summed E-state index contributed by atoms with van der Waals surface area (Å²) in [6.07, 6.45) is 0.686. The first-order chi connectivity index (χ1) is 17.6. The molecule has 0 saturated carbocycles. The van der Waals surface area contributed by atoms with Gasteiger partial charge in [-0.05, 0) is 28.7 Å². The SMILES string of the molecule is O=C(COC(=O)C(O)(c1ccccc1)c1ccccc1)NCCC(c1ccccc1)c1ccccc1. The quantitative estimate of drug-likeness (QED) is 0.320. The number of esters is 1. The van der Waals surface area contributed by atoms with Crippen molar-refractivity contribution in [2.75, 3.05) is 13.2 Å². The average molecular weight is 480 g/mol. The van der Waals surface area contributed by atoms with Gasteiger partial charge in [0.25, 0.3) is 5.91 Å². The molecule has 2 N–H and O–H groups in total. The first-order valence-electron chi connectivity index (χ1n) is 12.0. The van der Waals surface area contributed by atoms with Gasteiger partial charge >= 0.3 is 5.97 Å². The van der Waals surface area contributed by atoms with Crippen LogP contribution in [0.1, 0.15) is 34.6 Å². The fraction of sp³-hybridized carbons (Fsp3) is 0.161. The van der Waals surface area contributed by atoms with E-state index in [0.717, 1.165) is 0 Å². The Morgan fingerprint density at radius 2 is 1.11 bits per heavy atom. The lowest BCUT2D eigenvalue weighted by Gasteiger charge is -2.27. The van der Waals surface area contributed by atoms with Crippen molar-refractivity contribution < 1.29 is 19.4 Å². The smallest absolute Gasteiger partial charge is 0.348 e. The molecule has 0 aliphatic carbocycles. The highest BCUT2D eigenvalue weighted by Crippen LogP contribution is 2.31. The molecule has 0 aliphatic rings. The average Bonchev–Trinajstić information content (AvgIpc) is 2.95. The van der Waals surface area contributed by atoms with Crippen LogP contribution in [0.5, 0.6) is 0 Å². The topological polar surface area (TPSA) is 75.6 Å². The van der Waals surface area contributed by atoms with Crippen LogP contribution in [-0.4, -0.2) is 30.1 Å². The van der Waals surface area contributed by atoms with Gasteiger partial charge in [-0.1, -0.05) is 121 Å². The van der Waals surface area contributed by atoms with Gasteiger partial charge in [0.2, 0.25) is 5.60 Å². The van der Waals surface area contributed by atoms with Gasteiger partial charge in [-0.25, -0.2) is 4.79 Å². The fourth-order valence-corrected chi connectivity index (χ4v) is 4.30. The number of amides is 1. The van der Waals surface area contributed by atoms with Crippen molar-refractivity contribution in [3.8, 4) is 0 Å². The molecule has 0 atom stereocenters. The molecule has 5 heteroatoms.